The molecule has 1 aliphatic rings. The lowest BCUT2D eigenvalue weighted by Gasteiger charge is -2.37. The molecule has 1 aliphatic heterocycles. The van der Waals surface area contributed by atoms with Crippen molar-refractivity contribution in [3.8, 4) is 5.75 Å². The summed E-state index contributed by atoms with van der Waals surface area (Å²) >= 11 is 9.50. The van der Waals surface area contributed by atoms with Gasteiger partial charge in [0.05, 0.1) is 24.0 Å². The van der Waals surface area contributed by atoms with Crippen LogP contribution < -0.4 is 15.0 Å². The Morgan fingerprint density at radius 1 is 1.12 bits per heavy atom. The monoisotopic (exact) mass is 533 g/mol. The molecule has 172 valence electrons. The van der Waals surface area contributed by atoms with Crippen LogP contribution in [0, 0.1) is 6.92 Å². The molecular weight excluding hydrogens is 515 g/mol. The predicted molar refractivity (Wildman–Crippen MR) is 120 cm³/mol. The molecule has 6 nitrogen and oxygen atoms in total. The molecule has 0 saturated carbocycles. The van der Waals surface area contributed by atoms with Crippen molar-refractivity contribution >= 4 is 50.7 Å². The number of piperazine rings is 1. The molecule has 0 aliphatic carbocycles. The van der Waals surface area contributed by atoms with Gasteiger partial charge < -0.3 is 19.9 Å². The van der Waals surface area contributed by atoms with Crippen LogP contribution in [-0.4, -0.2) is 56.2 Å². The van der Waals surface area contributed by atoms with Gasteiger partial charge in [-0.3, -0.25) is 9.59 Å². The van der Waals surface area contributed by atoms with Crippen molar-refractivity contribution in [2.24, 2.45) is 0 Å². The van der Waals surface area contributed by atoms with Gasteiger partial charge >= 0.3 is 12.1 Å². The van der Waals surface area contributed by atoms with Crippen LogP contribution in [0.5, 0.6) is 5.75 Å². The largest absolute Gasteiger partial charge is 0.496 e. The third-order valence-electron chi connectivity index (χ3n) is 5.05. The number of hydrogen-bond donors (Lipinski definition) is 1. The molecule has 2 aromatic rings. The van der Waals surface area contributed by atoms with Gasteiger partial charge in [-0.05, 0) is 42.8 Å². The number of rotatable bonds is 4. The van der Waals surface area contributed by atoms with Gasteiger partial charge in [0.2, 0.25) is 0 Å². The van der Waals surface area contributed by atoms with E-state index < -0.39 is 18.0 Å². The van der Waals surface area contributed by atoms with Crippen molar-refractivity contribution < 1.29 is 27.5 Å². The topological polar surface area (TPSA) is 61.9 Å². The maximum Gasteiger partial charge on any atom is 0.471 e. The van der Waals surface area contributed by atoms with Crippen LogP contribution in [0.3, 0.4) is 0 Å². The summed E-state index contributed by atoms with van der Waals surface area (Å²) in [5.41, 5.74) is 2.07. The normalized spacial score (nSPS) is 14.3. The zero-order chi connectivity index (χ0) is 23.6. The first-order valence-corrected chi connectivity index (χ1v) is 10.7. The van der Waals surface area contributed by atoms with Crippen LogP contribution in [0.15, 0.2) is 34.8 Å². The Morgan fingerprint density at radius 2 is 1.78 bits per heavy atom. The van der Waals surface area contributed by atoms with Gasteiger partial charge in [0.25, 0.3) is 5.91 Å². The van der Waals surface area contributed by atoms with Crippen LogP contribution in [-0.2, 0) is 4.79 Å². The van der Waals surface area contributed by atoms with E-state index in [1.54, 1.807) is 29.2 Å². The second-order valence-corrected chi connectivity index (χ2v) is 8.55. The predicted octanol–water partition coefficient (Wildman–Crippen LogP) is 4.88. The zero-order valence-corrected chi connectivity index (χ0v) is 19.6. The second kappa shape index (κ2) is 9.58. The second-order valence-electron chi connectivity index (χ2n) is 7.20. The first-order valence-electron chi connectivity index (χ1n) is 9.57. The number of carbonyl (C=O) groups is 2. The van der Waals surface area contributed by atoms with E-state index >= 15 is 0 Å². The summed E-state index contributed by atoms with van der Waals surface area (Å²) in [4.78, 5) is 27.1. The van der Waals surface area contributed by atoms with Crippen LogP contribution >= 0.6 is 27.5 Å². The quantitative estimate of drug-likeness (QED) is 0.607. The fourth-order valence-corrected chi connectivity index (χ4v) is 4.32. The van der Waals surface area contributed by atoms with E-state index in [9.17, 15) is 22.8 Å². The summed E-state index contributed by atoms with van der Waals surface area (Å²) < 4.78 is 44.2. The summed E-state index contributed by atoms with van der Waals surface area (Å²) in [5, 5.41) is 3.21. The average molecular weight is 535 g/mol. The number of methoxy groups -OCH3 is 1. The summed E-state index contributed by atoms with van der Waals surface area (Å²) in [7, 11) is 1.47. The Hall–Kier alpha value is -2.46. The van der Waals surface area contributed by atoms with E-state index in [1.165, 1.54) is 7.11 Å². The highest BCUT2D eigenvalue weighted by molar-refractivity contribution is 9.10. The highest BCUT2D eigenvalue weighted by Gasteiger charge is 2.43. The van der Waals surface area contributed by atoms with Crippen molar-refractivity contribution in [2.45, 2.75) is 13.1 Å². The van der Waals surface area contributed by atoms with E-state index in [1.807, 2.05) is 13.0 Å². The van der Waals surface area contributed by atoms with E-state index in [-0.39, 0.29) is 26.2 Å². The summed E-state index contributed by atoms with van der Waals surface area (Å²) in [6, 6.07) is 8.33. The number of aryl methyl sites for hydroxylation is 1. The van der Waals surface area contributed by atoms with Crippen molar-refractivity contribution in [3.05, 3.63) is 51.0 Å². The molecule has 2 aromatic carbocycles. The fourth-order valence-electron chi connectivity index (χ4n) is 3.57. The number of nitrogens with zero attached hydrogens (tertiary/aromatic N) is 2. The molecule has 0 aromatic heterocycles. The number of halogens is 5. The van der Waals surface area contributed by atoms with Gasteiger partial charge in [0.15, 0.2) is 0 Å². The van der Waals surface area contributed by atoms with Crippen LogP contribution in [0.4, 0.5) is 24.5 Å². The van der Waals surface area contributed by atoms with Gasteiger partial charge in [0, 0.05) is 35.7 Å². The number of nitrogens with one attached hydrogen (secondary N) is 1. The summed E-state index contributed by atoms with van der Waals surface area (Å²) in [6.45, 7) is 1.98. The number of hydrogen-bond acceptors (Lipinski definition) is 4. The standard InChI is InChI=1S/C21H20BrClF3N3O3/c1-12-9-13(22)10-15(18(12)32-2)19(30)27-16-11-14(23)3-4-17(16)28-5-7-29(8-6-28)20(31)21(24,25)26/h3-4,9-11H,5-8H2,1-2H3,(H,27,30). The maximum absolute atomic E-state index is 13.0. The smallest absolute Gasteiger partial charge is 0.471 e. The molecule has 32 heavy (non-hydrogen) atoms. The van der Waals surface area contributed by atoms with Crippen LogP contribution in [0.25, 0.3) is 0 Å². The number of anilines is 2. The third-order valence-corrected chi connectivity index (χ3v) is 5.74. The first-order chi connectivity index (χ1) is 15.0. The lowest BCUT2D eigenvalue weighted by molar-refractivity contribution is -0.185. The lowest BCUT2D eigenvalue weighted by atomic mass is 10.1. The fraction of sp³-hybridized carbons (Fsp3) is 0.333. The number of ether oxygens (including phenoxy) is 1. The third kappa shape index (κ3) is 5.29. The van der Waals surface area contributed by atoms with Crippen molar-refractivity contribution in [2.75, 3.05) is 43.5 Å². The summed E-state index contributed by atoms with van der Waals surface area (Å²) in [5.74, 6) is -1.85. The molecule has 1 fully saturated rings. The Labute approximate surface area is 196 Å². The van der Waals surface area contributed by atoms with Crippen molar-refractivity contribution in [1.82, 2.24) is 4.90 Å². The van der Waals surface area contributed by atoms with Crippen LogP contribution in [0.1, 0.15) is 15.9 Å². The highest BCUT2D eigenvalue weighted by atomic mass is 79.9. The molecule has 11 heteroatoms. The molecule has 0 spiro atoms. The number of alkyl halides is 3. The summed E-state index contributed by atoms with van der Waals surface area (Å²) in [6.07, 6.45) is -4.90. The SMILES string of the molecule is COc1c(C)cc(Br)cc1C(=O)Nc1cc(Cl)ccc1N1CCN(C(=O)C(F)(F)F)CC1. The molecule has 1 N–H and O–H groups in total. The first kappa shape index (κ1) is 24.2. The van der Waals surface area contributed by atoms with Gasteiger partial charge in [-0.15, -0.1) is 0 Å². The molecule has 3 rings (SSSR count). The Bertz CT molecular complexity index is 1040. The lowest BCUT2D eigenvalue weighted by Crippen LogP contribution is -2.52. The Morgan fingerprint density at radius 3 is 2.38 bits per heavy atom. The maximum atomic E-state index is 13.0. The van der Waals surface area contributed by atoms with Gasteiger partial charge in [-0.2, -0.15) is 13.2 Å². The van der Waals surface area contributed by atoms with Crippen LogP contribution in [0.2, 0.25) is 5.02 Å². The zero-order valence-electron chi connectivity index (χ0n) is 17.2. The molecule has 2 amide bonds. The molecule has 0 unspecified atom stereocenters. The molecule has 0 bridgehead atoms. The highest BCUT2D eigenvalue weighted by Crippen LogP contribution is 2.33. The molecule has 1 saturated heterocycles. The van der Waals surface area contributed by atoms with E-state index in [0.29, 0.717) is 32.2 Å². The molecule has 0 radical (unpaired) electrons. The molecule has 0 atom stereocenters. The minimum Gasteiger partial charge on any atom is -0.496 e. The Balaban J connectivity index is 1.83. The van der Waals surface area contributed by atoms with Crippen molar-refractivity contribution in [3.63, 3.8) is 0 Å². The van der Waals surface area contributed by atoms with E-state index in [0.717, 1.165) is 10.5 Å². The average Bonchev–Trinajstić information content (AvgIpc) is 2.72. The van der Waals surface area contributed by atoms with Crippen molar-refractivity contribution in [1.29, 1.82) is 0 Å². The molecule has 1 heterocycles. The Kier molecular flexibility index (Phi) is 7.24. The number of carbonyl (C=O) groups excluding carboxylic acids is 2. The van der Waals surface area contributed by atoms with Gasteiger partial charge in [-0.1, -0.05) is 27.5 Å². The van der Waals surface area contributed by atoms with E-state index in [4.69, 9.17) is 16.3 Å². The van der Waals surface area contributed by atoms with E-state index in [2.05, 4.69) is 21.2 Å². The molecular formula is C21H20BrClF3N3O3. The van der Waals surface area contributed by atoms with Gasteiger partial charge in [0.1, 0.15) is 5.75 Å². The minimum absolute atomic E-state index is 0.0903. The van der Waals surface area contributed by atoms with Gasteiger partial charge in [-0.25, -0.2) is 0 Å². The number of amides is 2. The number of benzene rings is 2. The minimum atomic E-state index is -4.90.